The van der Waals surface area contributed by atoms with Crippen molar-refractivity contribution in [1.29, 1.82) is 0 Å². The molecule has 97 heavy (non-hydrogen) atoms. The van der Waals surface area contributed by atoms with Gasteiger partial charge in [-0.05, 0) is 281 Å². The van der Waals surface area contributed by atoms with Crippen LogP contribution in [0.5, 0.6) is 17.2 Å². The van der Waals surface area contributed by atoms with Gasteiger partial charge in [0, 0.05) is 11.8 Å². The van der Waals surface area contributed by atoms with Crippen LogP contribution in [0.4, 0.5) is 0 Å². The van der Waals surface area contributed by atoms with Crippen molar-refractivity contribution in [3.05, 3.63) is 89.5 Å². The first-order valence-electron chi connectivity index (χ1n) is 39.2. The van der Waals surface area contributed by atoms with Gasteiger partial charge in [-0.1, -0.05) is 188 Å². The van der Waals surface area contributed by atoms with Crippen LogP contribution < -0.4 is 14.2 Å². The molecule has 12 atom stereocenters. The van der Waals surface area contributed by atoms with Crippen LogP contribution in [0.1, 0.15) is 321 Å². The van der Waals surface area contributed by atoms with E-state index in [2.05, 4.69) is 140 Å². The van der Waals surface area contributed by atoms with E-state index in [1.807, 2.05) is 50.2 Å². The van der Waals surface area contributed by atoms with Crippen LogP contribution in [0.25, 0.3) is 0 Å². The molecular formula is C88H140O9. The first-order valence-corrected chi connectivity index (χ1v) is 39.2. The van der Waals surface area contributed by atoms with Gasteiger partial charge in [0.25, 0.3) is 0 Å². The summed E-state index contributed by atoms with van der Waals surface area (Å²) in [5.74, 6) is 10.5. The molecule has 12 aliphatic carbocycles. The smallest absolute Gasteiger partial charge is 0.344 e. The highest BCUT2D eigenvalue weighted by Gasteiger charge is 2.66. The first-order chi connectivity index (χ1) is 45.3. The lowest BCUT2D eigenvalue weighted by Gasteiger charge is -2.65. The Morgan fingerprint density at radius 3 is 0.918 bits per heavy atom. The number of benzene rings is 3. The summed E-state index contributed by atoms with van der Waals surface area (Å²) in [5.41, 5.74) is 4.51. The second kappa shape index (κ2) is 34.0. The molecule has 12 fully saturated rings. The molecule has 0 amide bonds. The van der Waals surface area contributed by atoms with Gasteiger partial charge >= 0.3 is 17.9 Å². The van der Waals surface area contributed by atoms with Gasteiger partial charge in [-0.2, -0.15) is 0 Å². The van der Waals surface area contributed by atoms with Gasteiger partial charge in [-0.25, -0.2) is 14.4 Å². The van der Waals surface area contributed by atoms with E-state index in [0.717, 1.165) is 92.8 Å². The molecule has 12 saturated carbocycles. The van der Waals surface area contributed by atoms with Gasteiger partial charge in [0.2, 0.25) is 0 Å². The average Bonchev–Trinajstić information content (AvgIpc) is 0.725. The molecule has 15 rings (SSSR count). The van der Waals surface area contributed by atoms with Crippen LogP contribution in [0.15, 0.2) is 72.8 Å². The highest BCUT2D eigenvalue weighted by atomic mass is 16.6. The first kappa shape index (κ1) is 79.8. The zero-order valence-corrected chi connectivity index (χ0v) is 62.9. The summed E-state index contributed by atoms with van der Waals surface area (Å²) in [4.78, 5) is 39.2. The summed E-state index contributed by atoms with van der Waals surface area (Å²) in [6.07, 6.45) is 28.8. The van der Waals surface area contributed by atoms with Crippen LogP contribution in [0.2, 0.25) is 0 Å². The van der Waals surface area contributed by atoms with Crippen molar-refractivity contribution in [3.8, 4) is 17.2 Å². The van der Waals surface area contributed by atoms with E-state index >= 15 is 0 Å². The van der Waals surface area contributed by atoms with E-state index in [9.17, 15) is 14.4 Å². The van der Waals surface area contributed by atoms with Gasteiger partial charge in [-0.15, -0.1) is 0 Å². The minimum atomic E-state index is -0.284. The number of hydrogen-bond donors (Lipinski definition) is 0. The van der Waals surface area contributed by atoms with Crippen LogP contribution in [-0.2, 0) is 28.6 Å². The normalized spacial score (nSPS) is 34.2. The fourth-order valence-electron chi connectivity index (χ4n) is 22.0. The maximum Gasteiger partial charge on any atom is 0.344 e. The van der Waals surface area contributed by atoms with E-state index in [1.165, 1.54) is 113 Å². The van der Waals surface area contributed by atoms with Gasteiger partial charge < -0.3 is 28.4 Å². The maximum absolute atomic E-state index is 13.1. The van der Waals surface area contributed by atoms with Crippen LogP contribution >= 0.6 is 0 Å². The zero-order chi connectivity index (χ0) is 68.7. The molecule has 0 N–H and O–H groups in total. The molecule has 12 aliphatic rings. The summed E-state index contributed by atoms with van der Waals surface area (Å²) < 4.78 is 37.0. The fourth-order valence-corrected chi connectivity index (χ4v) is 22.0. The summed E-state index contributed by atoms with van der Waals surface area (Å²) in [5, 5.41) is 0. The lowest BCUT2D eigenvalue weighted by atomic mass is 9.43. The second-order valence-corrected chi connectivity index (χ2v) is 34.3. The van der Waals surface area contributed by atoms with E-state index in [4.69, 9.17) is 28.4 Å². The quantitative estimate of drug-likeness (QED) is 0.0545. The zero-order valence-electron chi connectivity index (χ0n) is 62.9. The minimum absolute atomic E-state index is 0. The topological polar surface area (TPSA) is 107 Å². The van der Waals surface area contributed by atoms with Crippen molar-refractivity contribution >= 4 is 17.9 Å². The number of carbonyl (C=O) groups is 3. The molecular weight excluding hydrogens is 1200 g/mol. The second-order valence-electron chi connectivity index (χ2n) is 34.3. The SMILES string of the molecule is C.C.CC.CCC(C)CC1(OC(=O)COc2ccc(C(C)CC)cc2)C2CC3CC1CC(C)(C3)C2.CCC(C)CC1(OC(=O)COc2ccc(C(C)CC)cc2)C2CC3CC1CC(C)(C3)C2.CCCC(C)C1(OC(=O)COc2ccc(C(C)CC)cc2)C2CC3CC1CC(C)(C3)C2. The van der Waals surface area contributed by atoms with Gasteiger partial charge in [-0.3, -0.25) is 0 Å². The van der Waals surface area contributed by atoms with Crippen molar-refractivity contribution in [2.24, 2.45) is 87.3 Å². The van der Waals surface area contributed by atoms with Crippen molar-refractivity contribution in [2.75, 3.05) is 19.8 Å². The lowest BCUT2D eigenvalue weighted by molar-refractivity contribution is -0.242. The Morgan fingerprint density at radius 1 is 0.392 bits per heavy atom. The molecule has 9 nitrogen and oxygen atoms in total. The summed E-state index contributed by atoms with van der Waals surface area (Å²) in [6.45, 7) is 38.4. The molecule has 0 saturated heterocycles. The Bertz CT molecular complexity index is 2750. The number of rotatable bonds is 27. The fraction of sp³-hybridized carbons (Fsp3) is 0.761. The Kier molecular flexibility index (Phi) is 27.9. The Hall–Kier alpha value is -4.53. The Balaban J connectivity index is 0.000000200. The average molecular weight is 1340 g/mol. The molecule has 3 aromatic rings. The molecule has 0 spiro atoms. The molecule has 0 heterocycles. The Morgan fingerprint density at radius 2 is 0.660 bits per heavy atom. The van der Waals surface area contributed by atoms with E-state index in [1.54, 1.807) is 0 Å². The molecule has 0 aromatic heterocycles. The highest BCUT2D eigenvalue weighted by Crippen LogP contribution is 2.69. The number of carbonyl (C=O) groups excluding carboxylic acids is 3. The van der Waals surface area contributed by atoms with Crippen molar-refractivity contribution in [2.45, 2.75) is 321 Å². The van der Waals surface area contributed by atoms with Crippen molar-refractivity contribution in [1.82, 2.24) is 0 Å². The third kappa shape index (κ3) is 18.0. The third-order valence-corrected chi connectivity index (χ3v) is 26.9. The van der Waals surface area contributed by atoms with E-state index in [-0.39, 0.29) is 69.4 Å². The third-order valence-electron chi connectivity index (χ3n) is 26.9. The molecule has 546 valence electrons. The van der Waals surface area contributed by atoms with Gasteiger partial charge in [0.15, 0.2) is 19.8 Å². The number of esters is 3. The largest absolute Gasteiger partial charge is 0.482 e. The Labute approximate surface area is 592 Å². The molecule has 12 unspecified atom stereocenters. The molecule has 3 aromatic carbocycles. The van der Waals surface area contributed by atoms with Crippen LogP contribution in [0, 0.1) is 87.3 Å². The molecule has 12 bridgehead atoms. The van der Waals surface area contributed by atoms with E-state index in [0.29, 0.717) is 87.3 Å². The van der Waals surface area contributed by atoms with Gasteiger partial charge in [0.1, 0.15) is 34.1 Å². The predicted molar refractivity (Wildman–Crippen MR) is 400 cm³/mol. The number of ether oxygens (including phenoxy) is 6. The summed E-state index contributed by atoms with van der Waals surface area (Å²) >= 11 is 0. The maximum atomic E-state index is 13.1. The van der Waals surface area contributed by atoms with Crippen molar-refractivity contribution < 1.29 is 42.8 Å². The van der Waals surface area contributed by atoms with E-state index < -0.39 is 0 Å². The van der Waals surface area contributed by atoms with Gasteiger partial charge in [0.05, 0.1) is 0 Å². The van der Waals surface area contributed by atoms with Crippen molar-refractivity contribution in [3.63, 3.8) is 0 Å². The predicted octanol–water partition coefficient (Wildman–Crippen LogP) is 23.7. The monoisotopic (exact) mass is 1340 g/mol. The molecule has 0 radical (unpaired) electrons. The number of hydrogen-bond acceptors (Lipinski definition) is 9. The minimum Gasteiger partial charge on any atom is -0.482 e. The lowest BCUT2D eigenvalue weighted by Crippen LogP contribution is -2.65. The summed E-state index contributed by atoms with van der Waals surface area (Å²) in [7, 11) is 0. The molecule has 0 aliphatic heterocycles. The van der Waals surface area contributed by atoms with Crippen LogP contribution in [-0.4, -0.2) is 54.5 Å². The standard InChI is InChI=1S/3C28H42O3.C2H6.2CH4/c2*1-6-19(3)14-28(23-12-21-13-24(28)17-27(5,15-21)16-23)31-26(29)18-30-25-10-8-22(9-11-25)20(4)7-2;1-6-8-20(4)28(23-13-21-14-24(28)17-27(5,15-21)16-23)31-26(29)18-30-25-11-9-22(10-12-25)19(3)7-2;1-2;;/h2*8-11,19-21,23-24H,6-7,12-18H2,1-5H3;9-12,19-21,23-24H,6-8,13-18H2,1-5H3;1-2H3;2*1H4. The highest BCUT2D eigenvalue weighted by molar-refractivity contribution is 5.73. The summed E-state index contributed by atoms with van der Waals surface area (Å²) in [6, 6.07) is 24.5. The molecule has 9 heteroatoms. The van der Waals surface area contributed by atoms with Crippen LogP contribution in [0.3, 0.4) is 0 Å².